The summed E-state index contributed by atoms with van der Waals surface area (Å²) in [6.07, 6.45) is 0.139. The molecule has 2 rings (SSSR count). The van der Waals surface area contributed by atoms with Crippen LogP contribution in [0.1, 0.15) is 12.5 Å². The van der Waals surface area contributed by atoms with Gasteiger partial charge >= 0.3 is 0 Å². The highest BCUT2D eigenvalue weighted by Crippen LogP contribution is 2.30. The second-order valence-corrected chi connectivity index (χ2v) is 4.70. The predicted molar refractivity (Wildman–Crippen MR) is 63.4 cm³/mol. The molecule has 2 atom stereocenters. The van der Waals surface area contributed by atoms with Crippen LogP contribution in [-0.2, 0) is 15.9 Å². The van der Waals surface area contributed by atoms with Crippen molar-refractivity contribution in [2.75, 3.05) is 13.2 Å². The van der Waals surface area contributed by atoms with Gasteiger partial charge in [-0.25, -0.2) is 4.39 Å². The maximum atomic E-state index is 13.6. The number of hydrogen-bond donors (Lipinski definition) is 1. The standard InChI is InChI=1S/C12H15ClFNO2/c1-12(16-7-8(6-15)17-12)5-9-10(13)3-2-4-11(9)14/h2-4,8H,5-7,15H2,1H3. The van der Waals surface area contributed by atoms with Gasteiger partial charge in [-0.15, -0.1) is 0 Å². The fourth-order valence-corrected chi connectivity index (χ4v) is 2.15. The van der Waals surface area contributed by atoms with Gasteiger partial charge in [0.2, 0.25) is 0 Å². The van der Waals surface area contributed by atoms with E-state index < -0.39 is 5.79 Å². The molecule has 0 aliphatic carbocycles. The SMILES string of the molecule is CC1(Cc2c(F)cccc2Cl)OCC(CN)O1. The van der Waals surface area contributed by atoms with Gasteiger partial charge in [0.15, 0.2) is 5.79 Å². The molecule has 0 saturated carbocycles. The summed E-state index contributed by atoms with van der Waals surface area (Å²) in [6.45, 7) is 2.59. The molecular weight excluding hydrogens is 245 g/mol. The minimum absolute atomic E-state index is 0.134. The lowest BCUT2D eigenvalue weighted by Gasteiger charge is -2.24. The Kier molecular flexibility index (Phi) is 3.68. The molecule has 2 N–H and O–H groups in total. The van der Waals surface area contributed by atoms with Crippen LogP contribution in [0.15, 0.2) is 18.2 Å². The Hall–Kier alpha value is -0.680. The van der Waals surface area contributed by atoms with Crippen molar-refractivity contribution in [1.82, 2.24) is 0 Å². The van der Waals surface area contributed by atoms with Crippen LogP contribution in [0.3, 0.4) is 0 Å². The zero-order chi connectivity index (χ0) is 12.5. The molecule has 1 aliphatic rings. The third-order valence-electron chi connectivity index (χ3n) is 2.81. The number of nitrogens with two attached hydrogens (primary N) is 1. The summed E-state index contributed by atoms with van der Waals surface area (Å²) in [5.74, 6) is -1.20. The summed E-state index contributed by atoms with van der Waals surface area (Å²) in [7, 11) is 0. The number of benzene rings is 1. The first-order chi connectivity index (χ1) is 8.04. The van der Waals surface area contributed by atoms with Crippen molar-refractivity contribution in [1.29, 1.82) is 0 Å². The van der Waals surface area contributed by atoms with E-state index in [1.807, 2.05) is 0 Å². The molecule has 0 aromatic heterocycles. The molecule has 0 spiro atoms. The molecule has 3 nitrogen and oxygen atoms in total. The third-order valence-corrected chi connectivity index (χ3v) is 3.17. The van der Waals surface area contributed by atoms with Crippen LogP contribution < -0.4 is 5.73 Å². The van der Waals surface area contributed by atoms with Crippen LogP contribution in [0.4, 0.5) is 4.39 Å². The molecule has 2 unspecified atom stereocenters. The monoisotopic (exact) mass is 259 g/mol. The summed E-state index contributed by atoms with van der Waals surface area (Å²) in [6, 6.07) is 4.60. The van der Waals surface area contributed by atoms with Crippen LogP contribution >= 0.6 is 11.6 Å². The molecule has 1 saturated heterocycles. The number of ether oxygens (including phenoxy) is 2. The number of rotatable bonds is 3. The minimum Gasteiger partial charge on any atom is -0.347 e. The Morgan fingerprint density at radius 2 is 2.35 bits per heavy atom. The second-order valence-electron chi connectivity index (χ2n) is 4.30. The Morgan fingerprint density at radius 3 is 2.94 bits per heavy atom. The van der Waals surface area contributed by atoms with Gasteiger partial charge in [-0.2, -0.15) is 0 Å². The zero-order valence-electron chi connectivity index (χ0n) is 9.58. The van der Waals surface area contributed by atoms with Gasteiger partial charge in [0.1, 0.15) is 5.82 Å². The van der Waals surface area contributed by atoms with E-state index >= 15 is 0 Å². The molecule has 1 aliphatic heterocycles. The zero-order valence-corrected chi connectivity index (χ0v) is 10.3. The quantitative estimate of drug-likeness (QED) is 0.904. The number of hydrogen-bond acceptors (Lipinski definition) is 3. The molecule has 1 aromatic carbocycles. The first-order valence-corrected chi connectivity index (χ1v) is 5.86. The maximum absolute atomic E-state index is 13.6. The van der Waals surface area contributed by atoms with E-state index in [-0.39, 0.29) is 18.3 Å². The highest BCUT2D eigenvalue weighted by atomic mass is 35.5. The topological polar surface area (TPSA) is 44.5 Å². The smallest absolute Gasteiger partial charge is 0.170 e. The van der Waals surface area contributed by atoms with E-state index in [2.05, 4.69) is 0 Å². The summed E-state index contributed by atoms with van der Waals surface area (Å²) in [4.78, 5) is 0. The summed E-state index contributed by atoms with van der Waals surface area (Å²) in [5, 5.41) is 0.384. The fraction of sp³-hybridized carbons (Fsp3) is 0.500. The van der Waals surface area contributed by atoms with E-state index in [4.69, 9.17) is 26.8 Å². The van der Waals surface area contributed by atoms with Crippen molar-refractivity contribution >= 4 is 11.6 Å². The summed E-state index contributed by atoms with van der Waals surface area (Å²) in [5.41, 5.74) is 5.91. The molecule has 1 fully saturated rings. The van der Waals surface area contributed by atoms with Gasteiger partial charge in [-0.3, -0.25) is 0 Å². The Morgan fingerprint density at radius 1 is 1.59 bits per heavy atom. The van der Waals surface area contributed by atoms with Crippen molar-refractivity contribution in [3.05, 3.63) is 34.6 Å². The van der Waals surface area contributed by atoms with Crippen molar-refractivity contribution in [3.8, 4) is 0 Å². The molecule has 1 heterocycles. The predicted octanol–water partition coefficient (Wildman–Crippen LogP) is 2.11. The molecule has 17 heavy (non-hydrogen) atoms. The summed E-state index contributed by atoms with van der Waals surface area (Å²) >= 11 is 5.96. The van der Waals surface area contributed by atoms with E-state index in [9.17, 15) is 4.39 Å². The average Bonchev–Trinajstić information content (AvgIpc) is 2.66. The molecular formula is C12H15ClFNO2. The maximum Gasteiger partial charge on any atom is 0.170 e. The van der Waals surface area contributed by atoms with Crippen LogP contribution in [0.25, 0.3) is 0 Å². The van der Waals surface area contributed by atoms with Crippen LogP contribution in [0.5, 0.6) is 0 Å². The molecule has 0 amide bonds. The molecule has 5 heteroatoms. The largest absolute Gasteiger partial charge is 0.347 e. The Balaban J connectivity index is 2.16. The highest BCUT2D eigenvalue weighted by Gasteiger charge is 2.37. The van der Waals surface area contributed by atoms with E-state index in [0.717, 1.165) is 0 Å². The van der Waals surface area contributed by atoms with Gasteiger partial charge in [0, 0.05) is 23.6 Å². The molecule has 0 bridgehead atoms. The Bertz CT molecular complexity index is 395. The van der Waals surface area contributed by atoms with Crippen molar-refractivity contribution < 1.29 is 13.9 Å². The normalized spacial score (nSPS) is 28.6. The van der Waals surface area contributed by atoms with Crippen molar-refractivity contribution in [3.63, 3.8) is 0 Å². The van der Waals surface area contributed by atoms with Gasteiger partial charge in [0.05, 0.1) is 12.7 Å². The highest BCUT2D eigenvalue weighted by molar-refractivity contribution is 6.31. The third kappa shape index (κ3) is 2.77. The van der Waals surface area contributed by atoms with Gasteiger partial charge in [0.25, 0.3) is 0 Å². The van der Waals surface area contributed by atoms with E-state index in [1.165, 1.54) is 6.07 Å². The second kappa shape index (κ2) is 4.90. The van der Waals surface area contributed by atoms with Gasteiger partial charge in [-0.05, 0) is 19.1 Å². The molecule has 1 aromatic rings. The van der Waals surface area contributed by atoms with Crippen LogP contribution in [0.2, 0.25) is 5.02 Å². The van der Waals surface area contributed by atoms with Crippen molar-refractivity contribution in [2.45, 2.75) is 25.2 Å². The molecule has 0 radical (unpaired) electrons. The fourth-order valence-electron chi connectivity index (χ4n) is 1.92. The number of halogens is 2. The van der Waals surface area contributed by atoms with Crippen LogP contribution in [0, 0.1) is 5.82 Å². The Labute approximate surface area is 105 Å². The lowest BCUT2D eigenvalue weighted by atomic mass is 10.1. The lowest BCUT2D eigenvalue weighted by Crippen LogP contribution is -2.32. The first kappa shape index (κ1) is 12.8. The van der Waals surface area contributed by atoms with E-state index in [0.29, 0.717) is 23.7 Å². The van der Waals surface area contributed by atoms with Crippen molar-refractivity contribution in [2.24, 2.45) is 5.73 Å². The van der Waals surface area contributed by atoms with E-state index in [1.54, 1.807) is 19.1 Å². The lowest BCUT2D eigenvalue weighted by molar-refractivity contribution is -0.151. The average molecular weight is 260 g/mol. The minimum atomic E-state index is -0.851. The molecule has 94 valence electrons. The summed E-state index contributed by atoms with van der Waals surface area (Å²) < 4.78 is 24.8. The van der Waals surface area contributed by atoms with Gasteiger partial charge in [-0.1, -0.05) is 17.7 Å². The van der Waals surface area contributed by atoms with Gasteiger partial charge < -0.3 is 15.2 Å². The van der Waals surface area contributed by atoms with Crippen LogP contribution in [-0.4, -0.2) is 25.0 Å². The first-order valence-electron chi connectivity index (χ1n) is 5.49.